The van der Waals surface area contributed by atoms with Crippen LogP contribution in [0, 0.1) is 5.92 Å². The van der Waals surface area contributed by atoms with Crippen molar-refractivity contribution in [2.75, 3.05) is 25.5 Å². The second kappa shape index (κ2) is 10.9. The number of amides is 5. The molecule has 0 spiro atoms. The number of benzene rings is 2. The number of likely N-dealkylation sites (tertiary alicyclic amines) is 1. The molecule has 2 atom stereocenters. The van der Waals surface area contributed by atoms with Crippen LogP contribution in [0.3, 0.4) is 0 Å². The average Bonchev–Trinajstić information content (AvgIpc) is 2.83. The third kappa shape index (κ3) is 6.07. The third-order valence-electron chi connectivity index (χ3n) is 5.11. The summed E-state index contributed by atoms with van der Waals surface area (Å²) in [6.07, 6.45) is -0.121. The van der Waals surface area contributed by atoms with Crippen LogP contribution < -0.4 is 16.0 Å². The molecule has 2 aromatic rings. The molecule has 1 saturated heterocycles. The van der Waals surface area contributed by atoms with E-state index in [1.165, 1.54) is 7.05 Å². The van der Waals surface area contributed by atoms with E-state index in [-0.39, 0.29) is 12.6 Å². The smallest absolute Gasteiger partial charge is 0.321 e. The van der Waals surface area contributed by atoms with Gasteiger partial charge in [0.1, 0.15) is 0 Å². The highest BCUT2D eigenvalue weighted by atomic mass is 16.5. The van der Waals surface area contributed by atoms with E-state index in [0.717, 1.165) is 0 Å². The number of hydrogen-bond donors (Lipinski definition) is 3. The van der Waals surface area contributed by atoms with Crippen molar-refractivity contribution in [1.29, 1.82) is 0 Å². The Morgan fingerprint density at radius 3 is 2.31 bits per heavy atom. The van der Waals surface area contributed by atoms with Crippen LogP contribution in [-0.4, -0.2) is 49.0 Å². The normalized spacial score (nSPS) is 16.4. The van der Waals surface area contributed by atoms with Crippen LogP contribution in [0.25, 0.3) is 0 Å². The summed E-state index contributed by atoms with van der Waals surface area (Å²) in [6, 6.07) is 16.5. The molecule has 3 N–H and O–H groups in total. The van der Waals surface area contributed by atoms with Crippen LogP contribution >= 0.6 is 0 Å². The maximum Gasteiger partial charge on any atom is 0.321 e. The summed E-state index contributed by atoms with van der Waals surface area (Å²) in [5, 5.41) is 7.25. The number of ether oxygens (including phenoxy) is 1. The molecular weight excluding hydrogens is 412 g/mol. The van der Waals surface area contributed by atoms with Gasteiger partial charge in [0.05, 0.1) is 5.92 Å². The van der Waals surface area contributed by atoms with Crippen LogP contribution in [0.15, 0.2) is 60.7 Å². The summed E-state index contributed by atoms with van der Waals surface area (Å²) in [5.74, 6) is -1.93. The van der Waals surface area contributed by atoms with Gasteiger partial charge < -0.3 is 20.3 Å². The number of carbonyl (C=O) groups is 4. The summed E-state index contributed by atoms with van der Waals surface area (Å²) in [7, 11) is 1.38. The Bertz CT molecular complexity index is 951. The molecule has 1 fully saturated rings. The highest BCUT2D eigenvalue weighted by Crippen LogP contribution is 2.24. The Kier molecular flexibility index (Phi) is 7.80. The van der Waals surface area contributed by atoms with Crippen molar-refractivity contribution in [2.24, 2.45) is 5.92 Å². The van der Waals surface area contributed by atoms with Crippen molar-refractivity contribution in [2.45, 2.75) is 18.9 Å². The Hall–Kier alpha value is -3.88. The molecule has 32 heavy (non-hydrogen) atoms. The van der Waals surface area contributed by atoms with Crippen LogP contribution in [0.4, 0.5) is 15.3 Å². The van der Waals surface area contributed by atoms with E-state index in [4.69, 9.17) is 4.74 Å². The summed E-state index contributed by atoms with van der Waals surface area (Å²) in [5.41, 5.74) is 1.11. The highest BCUT2D eigenvalue weighted by molar-refractivity contribution is 5.97. The van der Waals surface area contributed by atoms with Crippen molar-refractivity contribution in [3.63, 3.8) is 0 Å². The lowest BCUT2D eigenvalue weighted by Gasteiger charge is -2.32. The summed E-state index contributed by atoms with van der Waals surface area (Å²) in [4.78, 5) is 51.2. The number of imide groups is 1. The Balaban J connectivity index is 1.66. The van der Waals surface area contributed by atoms with Gasteiger partial charge in [-0.3, -0.25) is 14.9 Å². The number of nitrogens with zero attached hydrogens (tertiary/aromatic N) is 1. The number of para-hydroxylation sites is 1. The maximum atomic E-state index is 12.9. The number of nitrogens with one attached hydrogen (secondary N) is 3. The number of carbonyl (C=O) groups excluding carboxylic acids is 4. The molecular formula is C23H26N4O5. The predicted octanol–water partition coefficient (Wildman–Crippen LogP) is 2.67. The Labute approximate surface area is 186 Å². The fourth-order valence-corrected chi connectivity index (χ4v) is 3.43. The molecule has 0 radical (unpaired) electrons. The summed E-state index contributed by atoms with van der Waals surface area (Å²) < 4.78 is 5.54. The van der Waals surface area contributed by atoms with Crippen molar-refractivity contribution >= 4 is 29.6 Å². The van der Waals surface area contributed by atoms with E-state index in [2.05, 4.69) is 16.0 Å². The first-order chi connectivity index (χ1) is 15.5. The summed E-state index contributed by atoms with van der Waals surface area (Å²) >= 11 is 0. The predicted molar refractivity (Wildman–Crippen MR) is 118 cm³/mol. The molecule has 2 aromatic carbocycles. The first-order valence-electron chi connectivity index (χ1n) is 10.4. The zero-order valence-corrected chi connectivity index (χ0v) is 17.7. The standard InChI is InChI=1S/C23H26N4O5/c1-24-22(30)26-20(28)19(16-9-4-2-5-10-16)32-21(29)17-11-8-14-27(15-17)23(31)25-18-12-6-3-7-13-18/h2-7,9-10,12-13,17,19H,8,11,14-15H2,1H3,(H,25,31)(H2,24,26,28,30). The van der Waals surface area contributed by atoms with Gasteiger partial charge in [0.25, 0.3) is 5.91 Å². The molecule has 1 aliphatic rings. The van der Waals surface area contributed by atoms with Gasteiger partial charge in [0.2, 0.25) is 6.10 Å². The lowest BCUT2D eigenvalue weighted by molar-refractivity contribution is -0.161. The average molecular weight is 438 g/mol. The number of rotatable bonds is 5. The lowest BCUT2D eigenvalue weighted by Crippen LogP contribution is -2.46. The van der Waals surface area contributed by atoms with Crippen LogP contribution in [0.2, 0.25) is 0 Å². The first-order valence-corrected chi connectivity index (χ1v) is 10.4. The number of urea groups is 2. The quantitative estimate of drug-likeness (QED) is 0.621. The second-order valence-corrected chi connectivity index (χ2v) is 7.38. The molecule has 0 bridgehead atoms. The first kappa shape index (κ1) is 22.8. The van der Waals surface area contributed by atoms with Crippen molar-refractivity contribution in [3.8, 4) is 0 Å². The van der Waals surface area contributed by atoms with Gasteiger partial charge in [-0.2, -0.15) is 0 Å². The molecule has 0 aromatic heterocycles. The Morgan fingerprint density at radius 2 is 1.66 bits per heavy atom. The molecule has 5 amide bonds. The molecule has 3 rings (SSSR count). The monoisotopic (exact) mass is 438 g/mol. The molecule has 1 heterocycles. The van der Waals surface area contributed by atoms with Gasteiger partial charge >= 0.3 is 18.0 Å². The molecule has 0 saturated carbocycles. The molecule has 9 heteroatoms. The van der Waals surface area contributed by atoms with Gasteiger partial charge in [0, 0.05) is 31.4 Å². The molecule has 0 aliphatic carbocycles. The molecule has 1 aliphatic heterocycles. The highest BCUT2D eigenvalue weighted by Gasteiger charge is 2.33. The largest absolute Gasteiger partial charge is 0.447 e. The van der Waals surface area contributed by atoms with Crippen LogP contribution in [0.1, 0.15) is 24.5 Å². The summed E-state index contributed by atoms with van der Waals surface area (Å²) in [6.45, 7) is 0.692. The SMILES string of the molecule is CNC(=O)NC(=O)C(OC(=O)C1CCCN(C(=O)Nc2ccccc2)C1)c1ccccc1. The molecule has 9 nitrogen and oxygen atoms in total. The van der Waals surface area contributed by atoms with Gasteiger partial charge in [-0.05, 0) is 25.0 Å². The van der Waals surface area contributed by atoms with Crippen molar-refractivity contribution in [3.05, 3.63) is 66.2 Å². The van der Waals surface area contributed by atoms with E-state index in [9.17, 15) is 19.2 Å². The van der Waals surface area contributed by atoms with Gasteiger partial charge in [0.15, 0.2) is 0 Å². The zero-order valence-electron chi connectivity index (χ0n) is 17.7. The minimum absolute atomic E-state index is 0.177. The van der Waals surface area contributed by atoms with Gasteiger partial charge in [-0.1, -0.05) is 48.5 Å². The van der Waals surface area contributed by atoms with E-state index < -0.39 is 29.9 Å². The Morgan fingerprint density at radius 1 is 1.00 bits per heavy atom. The van der Waals surface area contributed by atoms with Gasteiger partial charge in [-0.15, -0.1) is 0 Å². The number of piperidine rings is 1. The van der Waals surface area contributed by atoms with E-state index >= 15 is 0 Å². The second-order valence-electron chi connectivity index (χ2n) is 7.38. The number of esters is 1. The fourth-order valence-electron chi connectivity index (χ4n) is 3.43. The van der Waals surface area contributed by atoms with Crippen molar-refractivity contribution < 1.29 is 23.9 Å². The lowest BCUT2D eigenvalue weighted by atomic mass is 9.98. The van der Waals surface area contributed by atoms with Gasteiger partial charge in [-0.25, -0.2) is 9.59 Å². The van der Waals surface area contributed by atoms with E-state index in [0.29, 0.717) is 30.6 Å². The zero-order chi connectivity index (χ0) is 22.9. The maximum absolute atomic E-state index is 12.9. The number of hydrogen-bond acceptors (Lipinski definition) is 5. The third-order valence-corrected chi connectivity index (χ3v) is 5.11. The topological polar surface area (TPSA) is 117 Å². The molecule has 2 unspecified atom stereocenters. The van der Waals surface area contributed by atoms with E-state index in [1.807, 2.05) is 18.2 Å². The van der Waals surface area contributed by atoms with Crippen LogP contribution in [0.5, 0.6) is 0 Å². The fraction of sp³-hybridized carbons (Fsp3) is 0.304. The van der Waals surface area contributed by atoms with Crippen LogP contribution in [-0.2, 0) is 14.3 Å². The molecule has 168 valence electrons. The van der Waals surface area contributed by atoms with Crippen molar-refractivity contribution in [1.82, 2.24) is 15.5 Å². The van der Waals surface area contributed by atoms with E-state index in [1.54, 1.807) is 47.4 Å². The minimum Gasteiger partial charge on any atom is -0.447 e. The minimum atomic E-state index is -1.28. The number of anilines is 1.